The minimum absolute atomic E-state index is 0.0481. The Kier molecular flexibility index (Phi) is 7.74. The van der Waals surface area contributed by atoms with E-state index in [1.54, 1.807) is 16.4 Å². The number of hydrogen-bond acceptors (Lipinski definition) is 5. The maximum atomic E-state index is 13.0. The summed E-state index contributed by atoms with van der Waals surface area (Å²) in [6, 6.07) is 6.22. The van der Waals surface area contributed by atoms with Crippen molar-refractivity contribution < 1.29 is 21.6 Å². The van der Waals surface area contributed by atoms with Gasteiger partial charge in [-0.15, -0.1) is 0 Å². The van der Waals surface area contributed by atoms with Gasteiger partial charge in [-0.05, 0) is 55.7 Å². The molecule has 31 heavy (non-hydrogen) atoms. The Hall–Kier alpha value is -1.53. The third kappa shape index (κ3) is 6.26. The van der Waals surface area contributed by atoms with Gasteiger partial charge in [-0.1, -0.05) is 19.1 Å². The molecule has 2 fully saturated rings. The van der Waals surface area contributed by atoms with Gasteiger partial charge >= 0.3 is 0 Å². The minimum atomic E-state index is -3.72. The topological polar surface area (TPSA) is 130 Å². The molecule has 0 unspecified atom stereocenters. The third-order valence-electron chi connectivity index (χ3n) is 6.11. The molecule has 2 aliphatic heterocycles. The average Bonchev–Trinajstić information content (AvgIpc) is 2.74. The van der Waals surface area contributed by atoms with Crippen molar-refractivity contribution >= 4 is 26.1 Å². The molecule has 3 N–H and O–H groups in total. The fourth-order valence-electron chi connectivity index (χ4n) is 4.07. The van der Waals surface area contributed by atoms with Gasteiger partial charge in [0.1, 0.15) is 0 Å². The maximum Gasteiger partial charge on any atom is 0.281 e. The van der Waals surface area contributed by atoms with Crippen LogP contribution >= 0.6 is 0 Å². The molecule has 0 saturated carbocycles. The molecule has 0 radical (unpaired) electrons. The normalized spacial score (nSPS) is 22.3. The van der Waals surface area contributed by atoms with Gasteiger partial charge in [-0.2, -0.15) is 17.0 Å². The number of nitrogens with zero attached hydrogens (tertiary/aromatic N) is 2. The van der Waals surface area contributed by atoms with E-state index >= 15 is 0 Å². The van der Waals surface area contributed by atoms with Crippen molar-refractivity contribution in [3.8, 4) is 0 Å². The molecule has 174 valence electrons. The lowest BCUT2D eigenvalue weighted by Crippen LogP contribution is -2.52. The van der Waals surface area contributed by atoms with Crippen molar-refractivity contribution in [2.45, 2.75) is 43.9 Å². The number of benzene rings is 1. The predicted octanol–water partition coefficient (Wildman–Crippen LogP) is 0.681. The van der Waals surface area contributed by atoms with Crippen molar-refractivity contribution in [1.82, 2.24) is 13.9 Å². The molecule has 1 atom stereocenters. The second-order valence-corrected chi connectivity index (χ2v) is 12.0. The summed E-state index contributed by atoms with van der Waals surface area (Å²) in [5.41, 5.74) is 0.875. The number of carbonyl (C=O) groups is 1. The molecule has 9 nitrogen and oxygen atoms in total. The largest absolute Gasteiger partial charge is 0.355 e. The first-order valence-corrected chi connectivity index (χ1v) is 13.7. The quantitative estimate of drug-likeness (QED) is 0.603. The smallest absolute Gasteiger partial charge is 0.281 e. The van der Waals surface area contributed by atoms with Crippen molar-refractivity contribution in [2.75, 3.05) is 32.7 Å². The fourth-order valence-corrected chi connectivity index (χ4v) is 6.31. The van der Waals surface area contributed by atoms with Crippen LogP contribution in [0.25, 0.3) is 0 Å². The van der Waals surface area contributed by atoms with E-state index in [2.05, 4.69) is 12.2 Å². The standard InChI is InChI=1S/C20H32N4O5S2/c1-16-9-13-23(14-10-16)31(28,29)24-12-2-3-18(15-24)20(25)22-11-8-17-4-6-19(7-5-17)30(21,26)27/h4-7,16,18H,2-3,8-15H2,1H3,(H,22,25)(H2,21,26,27)/t18-/m0/s1. The number of nitrogens with two attached hydrogens (primary N) is 1. The molecule has 1 aromatic rings. The molecule has 2 aliphatic rings. The zero-order valence-electron chi connectivity index (χ0n) is 17.9. The number of carbonyl (C=O) groups excluding carboxylic acids is 1. The van der Waals surface area contributed by atoms with Crippen molar-refractivity contribution in [1.29, 1.82) is 0 Å². The van der Waals surface area contributed by atoms with Crippen LogP contribution in [0.3, 0.4) is 0 Å². The van der Waals surface area contributed by atoms with Gasteiger partial charge < -0.3 is 5.32 Å². The summed E-state index contributed by atoms with van der Waals surface area (Å²) in [6.45, 7) is 4.28. The Morgan fingerprint density at radius 2 is 1.68 bits per heavy atom. The van der Waals surface area contributed by atoms with Gasteiger partial charge in [0.25, 0.3) is 10.2 Å². The van der Waals surface area contributed by atoms with Crippen LogP contribution in [-0.4, -0.2) is 64.1 Å². The summed E-state index contributed by atoms with van der Waals surface area (Å²) in [4.78, 5) is 12.7. The van der Waals surface area contributed by atoms with Gasteiger partial charge in [0, 0.05) is 32.7 Å². The zero-order chi connectivity index (χ0) is 22.6. The molecule has 0 spiro atoms. The minimum Gasteiger partial charge on any atom is -0.355 e. The van der Waals surface area contributed by atoms with Gasteiger partial charge in [0.2, 0.25) is 15.9 Å². The first kappa shape index (κ1) is 24.1. The fraction of sp³-hybridized carbons (Fsp3) is 0.650. The van der Waals surface area contributed by atoms with Crippen LogP contribution in [0.4, 0.5) is 0 Å². The molecule has 0 aromatic heterocycles. The van der Waals surface area contributed by atoms with Gasteiger partial charge in [-0.25, -0.2) is 13.6 Å². The number of primary sulfonamides is 1. The third-order valence-corrected chi connectivity index (χ3v) is 9.05. The maximum absolute atomic E-state index is 13.0. The van der Waals surface area contributed by atoms with Crippen molar-refractivity contribution in [3.05, 3.63) is 29.8 Å². The van der Waals surface area contributed by atoms with E-state index < -0.39 is 20.2 Å². The van der Waals surface area contributed by atoms with Gasteiger partial charge in [-0.3, -0.25) is 4.79 Å². The highest BCUT2D eigenvalue weighted by Gasteiger charge is 2.36. The van der Waals surface area contributed by atoms with Crippen molar-refractivity contribution in [3.63, 3.8) is 0 Å². The van der Waals surface area contributed by atoms with Crippen LogP contribution in [0.2, 0.25) is 0 Å². The number of sulfonamides is 1. The monoisotopic (exact) mass is 472 g/mol. The van der Waals surface area contributed by atoms with E-state index in [1.165, 1.54) is 16.4 Å². The summed E-state index contributed by atoms with van der Waals surface area (Å²) in [5, 5.41) is 7.98. The van der Waals surface area contributed by atoms with Crippen LogP contribution in [0.15, 0.2) is 29.2 Å². The molecule has 1 aromatic carbocycles. The van der Waals surface area contributed by atoms with E-state index in [4.69, 9.17) is 5.14 Å². The molecule has 0 aliphatic carbocycles. The highest BCUT2D eigenvalue weighted by atomic mass is 32.2. The summed E-state index contributed by atoms with van der Waals surface area (Å²) < 4.78 is 51.6. The molecular formula is C20H32N4O5S2. The van der Waals surface area contributed by atoms with Crippen LogP contribution in [-0.2, 0) is 31.4 Å². The summed E-state index contributed by atoms with van der Waals surface area (Å²) in [5.74, 6) is 0.0348. The number of amides is 1. The molecular weight excluding hydrogens is 440 g/mol. The van der Waals surface area contributed by atoms with Crippen LogP contribution in [0.1, 0.15) is 38.2 Å². The molecule has 1 amide bonds. The Bertz CT molecular complexity index is 971. The van der Waals surface area contributed by atoms with E-state index in [-0.39, 0.29) is 23.3 Å². The summed E-state index contributed by atoms with van der Waals surface area (Å²) in [7, 11) is -7.25. The van der Waals surface area contributed by atoms with E-state index in [0.717, 1.165) is 18.4 Å². The first-order chi connectivity index (χ1) is 14.6. The Labute approximate surface area is 185 Å². The van der Waals surface area contributed by atoms with Crippen LogP contribution in [0, 0.1) is 11.8 Å². The lowest BCUT2D eigenvalue weighted by Gasteiger charge is -2.37. The number of nitrogens with one attached hydrogen (secondary N) is 1. The van der Waals surface area contributed by atoms with E-state index in [9.17, 15) is 21.6 Å². The molecule has 2 saturated heterocycles. The molecule has 11 heteroatoms. The predicted molar refractivity (Wildman–Crippen MR) is 118 cm³/mol. The Balaban J connectivity index is 1.50. The van der Waals surface area contributed by atoms with Crippen LogP contribution < -0.4 is 10.5 Å². The molecule has 0 bridgehead atoms. The molecule has 3 rings (SSSR count). The number of piperidine rings is 2. The Morgan fingerprint density at radius 3 is 2.29 bits per heavy atom. The number of rotatable bonds is 7. The second kappa shape index (κ2) is 9.95. The van der Waals surface area contributed by atoms with Gasteiger partial charge in [0.15, 0.2) is 0 Å². The lowest BCUT2D eigenvalue weighted by atomic mass is 9.99. The summed E-state index contributed by atoms with van der Waals surface area (Å²) >= 11 is 0. The highest BCUT2D eigenvalue weighted by molar-refractivity contribution is 7.89. The average molecular weight is 473 g/mol. The van der Waals surface area contributed by atoms with Crippen LogP contribution in [0.5, 0.6) is 0 Å². The first-order valence-electron chi connectivity index (χ1n) is 10.7. The van der Waals surface area contributed by atoms with E-state index in [0.29, 0.717) is 51.4 Å². The summed E-state index contributed by atoms with van der Waals surface area (Å²) in [6.07, 6.45) is 3.61. The molecule has 2 heterocycles. The second-order valence-electron chi connectivity index (χ2n) is 8.52. The lowest BCUT2D eigenvalue weighted by molar-refractivity contribution is -0.126. The SMILES string of the molecule is CC1CCN(S(=O)(=O)N2CCC[C@H](C(=O)NCCc3ccc(S(N)(=O)=O)cc3)C2)CC1. The Morgan fingerprint density at radius 1 is 1.03 bits per heavy atom. The van der Waals surface area contributed by atoms with Gasteiger partial charge in [0.05, 0.1) is 10.8 Å². The highest BCUT2D eigenvalue weighted by Crippen LogP contribution is 2.25. The zero-order valence-corrected chi connectivity index (χ0v) is 19.5. The number of hydrogen-bond donors (Lipinski definition) is 2. The van der Waals surface area contributed by atoms with E-state index in [1.807, 2.05) is 0 Å². The van der Waals surface area contributed by atoms with Crippen molar-refractivity contribution in [2.24, 2.45) is 17.0 Å².